The Morgan fingerprint density at radius 1 is 0.710 bits per heavy atom. The molecular formula is C24H26O4S2Zr. The van der Waals surface area contributed by atoms with Gasteiger partial charge in [-0.15, -0.1) is 12.8 Å². The van der Waals surface area contributed by atoms with E-state index in [0.717, 1.165) is 12.8 Å². The zero-order valence-electron chi connectivity index (χ0n) is 17.5. The summed E-state index contributed by atoms with van der Waals surface area (Å²) < 4.78 is 21.6. The van der Waals surface area contributed by atoms with Crippen molar-refractivity contribution in [2.45, 2.75) is 22.6 Å². The molecule has 2 N–H and O–H groups in total. The molecule has 162 valence electrons. The van der Waals surface area contributed by atoms with E-state index in [9.17, 15) is 8.42 Å². The number of benzene rings is 2. The fraction of sp³-hybridized carbons (Fsp3) is 0.167. The molecule has 0 bridgehead atoms. The molecule has 2 aromatic rings. The van der Waals surface area contributed by atoms with E-state index in [1.54, 1.807) is 36.4 Å². The molecule has 4 rings (SSSR count). The Morgan fingerprint density at radius 3 is 1.23 bits per heavy atom. The van der Waals surface area contributed by atoms with E-state index in [4.69, 9.17) is 10.2 Å². The Labute approximate surface area is 209 Å². The summed E-state index contributed by atoms with van der Waals surface area (Å²) in [6, 6.07) is 13.2. The molecule has 31 heavy (non-hydrogen) atoms. The molecule has 0 aromatic heterocycles. The van der Waals surface area contributed by atoms with Gasteiger partial charge in [-0.3, -0.25) is 20.6 Å². The Balaban J connectivity index is 0.000000401. The Hall–Kier alpha value is -1.82. The predicted octanol–water partition coefficient (Wildman–Crippen LogP) is 4.87. The van der Waals surface area contributed by atoms with Gasteiger partial charge in [-0.1, -0.05) is 24.3 Å². The molecule has 2 aromatic carbocycles. The minimum atomic E-state index is -1.09. The first-order chi connectivity index (χ1) is 14.4. The molecule has 0 amide bonds. The van der Waals surface area contributed by atoms with E-state index in [2.05, 4.69) is 24.3 Å². The van der Waals surface area contributed by atoms with Gasteiger partial charge in [-0.2, -0.15) is 12.2 Å². The van der Waals surface area contributed by atoms with Gasteiger partial charge in [-0.05, 0) is 24.3 Å². The maximum Gasteiger partial charge on any atom is 2.00 e. The molecule has 0 spiro atoms. The quantitative estimate of drug-likeness (QED) is 0.540. The van der Waals surface area contributed by atoms with Gasteiger partial charge >= 0.3 is 26.2 Å². The summed E-state index contributed by atoms with van der Waals surface area (Å²) in [7, 11) is -2.18. The fourth-order valence-electron chi connectivity index (χ4n) is 2.08. The van der Waals surface area contributed by atoms with Crippen molar-refractivity contribution in [1.82, 2.24) is 0 Å². The molecule has 0 radical (unpaired) electrons. The molecular weight excluding hydrogens is 508 g/mol. The smallest absolute Gasteiger partial charge is 0.507 e. The molecule has 0 fully saturated rings. The second kappa shape index (κ2) is 17.8. The summed E-state index contributed by atoms with van der Waals surface area (Å²) in [5.74, 6) is 0.201. The van der Waals surface area contributed by atoms with Crippen LogP contribution in [0.5, 0.6) is 11.5 Å². The summed E-state index contributed by atoms with van der Waals surface area (Å²) in [5.41, 5.74) is 0. The van der Waals surface area contributed by atoms with Gasteiger partial charge in [-0.25, -0.2) is 24.3 Å². The molecule has 7 heteroatoms. The summed E-state index contributed by atoms with van der Waals surface area (Å²) in [5, 5.41) is 18.2. The van der Waals surface area contributed by atoms with Crippen LogP contribution in [0.4, 0.5) is 0 Å². The average molecular weight is 534 g/mol. The van der Waals surface area contributed by atoms with Gasteiger partial charge in [0.05, 0.1) is 31.4 Å². The molecule has 4 nitrogen and oxygen atoms in total. The fourth-order valence-corrected chi connectivity index (χ4v) is 3.35. The molecule has 0 saturated carbocycles. The molecule has 0 saturated heterocycles. The summed E-state index contributed by atoms with van der Waals surface area (Å²) >= 11 is 0. The van der Waals surface area contributed by atoms with Crippen LogP contribution < -0.4 is 0 Å². The number of aromatic hydroxyl groups is 2. The maximum atomic E-state index is 10.8. The summed E-state index contributed by atoms with van der Waals surface area (Å²) in [6.07, 6.45) is 23.1. The monoisotopic (exact) mass is 532 g/mol. The third-order valence-electron chi connectivity index (χ3n) is 3.52. The van der Waals surface area contributed by atoms with Crippen molar-refractivity contribution < 1.29 is 44.8 Å². The number of hydrogen-bond donors (Lipinski definition) is 2. The molecule has 2 unspecified atom stereocenters. The largest absolute Gasteiger partial charge is 2.00 e. The summed E-state index contributed by atoms with van der Waals surface area (Å²) in [6.45, 7) is 0. The topological polar surface area (TPSA) is 74.6 Å². The van der Waals surface area contributed by atoms with Gasteiger partial charge in [0, 0.05) is 12.5 Å². The molecule has 2 aliphatic rings. The molecule has 0 heterocycles. The van der Waals surface area contributed by atoms with E-state index < -0.39 is 21.6 Å². The van der Waals surface area contributed by atoms with Crippen molar-refractivity contribution in [1.29, 1.82) is 0 Å². The Kier molecular flexibility index (Phi) is 16.8. The first-order valence-electron chi connectivity index (χ1n) is 9.09. The number of hydrogen-bond acceptors (Lipinski definition) is 4. The van der Waals surface area contributed by atoms with E-state index in [0.29, 0.717) is 9.79 Å². The second-order valence-electron chi connectivity index (χ2n) is 5.85. The number of phenols is 2. The van der Waals surface area contributed by atoms with Gasteiger partial charge in [0.1, 0.15) is 11.5 Å². The number of allylic oxidation sites excluding steroid dienone is 8. The Bertz CT molecular complexity index is 853. The van der Waals surface area contributed by atoms with Crippen LogP contribution in [0.1, 0.15) is 12.8 Å². The third-order valence-corrected chi connectivity index (χ3v) is 5.45. The van der Waals surface area contributed by atoms with Gasteiger partial charge in [0.2, 0.25) is 0 Å². The van der Waals surface area contributed by atoms with Gasteiger partial charge < -0.3 is 10.2 Å². The van der Waals surface area contributed by atoms with E-state index in [1.807, 2.05) is 24.3 Å². The van der Waals surface area contributed by atoms with Crippen molar-refractivity contribution >= 4 is 21.6 Å². The molecule has 2 aliphatic carbocycles. The molecule has 0 aliphatic heterocycles. The minimum Gasteiger partial charge on any atom is -0.507 e. The van der Waals surface area contributed by atoms with Crippen LogP contribution in [0.15, 0.2) is 94.8 Å². The number of phenolic OH excluding ortho intramolecular Hbond substituents is 2. The third kappa shape index (κ3) is 13.3. The zero-order valence-corrected chi connectivity index (χ0v) is 21.6. The standard InChI is InChI=1S/2C7H8O2S.2C5H5.Zr/c2*1-10(9)7-5-3-2-4-6(7)8;2*1-2-4-5-3-1;/h2*2-5,8H,1H3;2*1-3H,4H2;/q;;2*-1;+2. The van der Waals surface area contributed by atoms with Crippen molar-refractivity contribution in [2.24, 2.45) is 0 Å². The zero-order chi connectivity index (χ0) is 22.2. The average Bonchev–Trinajstić information content (AvgIpc) is 3.47. The maximum absolute atomic E-state index is 10.8. The predicted molar refractivity (Wildman–Crippen MR) is 124 cm³/mol. The van der Waals surface area contributed by atoms with E-state index >= 15 is 0 Å². The van der Waals surface area contributed by atoms with Crippen molar-refractivity contribution in [3.05, 3.63) is 97.1 Å². The van der Waals surface area contributed by atoms with Crippen LogP contribution in [0.3, 0.4) is 0 Å². The minimum absolute atomic E-state index is 0. The summed E-state index contributed by atoms with van der Waals surface area (Å²) in [4.78, 5) is 0.977. The van der Waals surface area contributed by atoms with Crippen LogP contribution in [0.2, 0.25) is 0 Å². The van der Waals surface area contributed by atoms with Crippen LogP contribution in [0.25, 0.3) is 0 Å². The number of rotatable bonds is 2. The SMILES string of the molecule is CS(=O)c1ccccc1O.CS(=O)c1ccccc1O.[C-]1=CC=CC1.[C-]1=CC=CC1.[Zr+2]. The van der Waals surface area contributed by atoms with Crippen molar-refractivity contribution in [2.75, 3.05) is 12.5 Å². The van der Waals surface area contributed by atoms with Crippen LogP contribution in [-0.4, -0.2) is 31.1 Å². The second-order valence-corrected chi connectivity index (χ2v) is 8.55. The van der Waals surface area contributed by atoms with Crippen molar-refractivity contribution in [3.8, 4) is 11.5 Å². The first-order valence-corrected chi connectivity index (χ1v) is 12.2. The van der Waals surface area contributed by atoms with Crippen LogP contribution in [-0.2, 0) is 47.8 Å². The van der Waals surface area contributed by atoms with Gasteiger partial charge in [0.15, 0.2) is 0 Å². The van der Waals surface area contributed by atoms with E-state index in [-0.39, 0.29) is 37.7 Å². The van der Waals surface area contributed by atoms with Crippen LogP contribution in [0, 0.1) is 12.2 Å². The van der Waals surface area contributed by atoms with Crippen molar-refractivity contribution in [3.63, 3.8) is 0 Å². The van der Waals surface area contributed by atoms with Gasteiger partial charge in [0.25, 0.3) is 0 Å². The van der Waals surface area contributed by atoms with Crippen LogP contribution >= 0.6 is 0 Å². The number of para-hydroxylation sites is 2. The Morgan fingerprint density at radius 2 is 1.06 bits per heavy atom. The normalized spacial score (nSPS) is 14.0. The first kappa shape index (κ1) is 29.2. The molecule has 2 atom stereocenters. The van der Waals surface area contributed by atoms with E-state index in [1.165, 1.54) is 24.6 Å².